The molecule has 0 N–H and O–H groups in total. The molecule has 0 unspecified atom stereocenters. The molecule has 0 bridgehead atoms. The summed E-state index contributed by atoms with van der Waals surface area (Å²) in [5, 5.41) is 13.8. The van der Waals surface area contributed by atoms with Crippen molar-refractivity contribution in [2.75, 3.05) is 5.75 Å². The minimum absolute atomic E-state index is 0.692. The number of thioether (sulfide) groups is 1. The van der Waals surface area contributed by atoms with E-state index in [-0.39, 0.29) is 0 Å². The normalized spacial score (nSPS) is 11.0. The number of unbranched alkanes of at least 4 members (excludes halogenated alkanes) is 2. The van der Waals surface area contributed by atoms with Crippen molar-refractivity contribution in [2.24, 2.45) is 0 Å². The van der Waals surface area contributed by atoms with Gasteiger partial charge in [-0.15, -0.1) is 10.2 Å². The molecule has 0 atom stereocenters. The molecule has 2 aromatic heterocycles. The Balaban J connectivity index is 1.36. The molecule has 0 saturated carbocycles. The second-order valence-electron chi connectivity index (χ2n) is 5.48. The minimum Gasteiger partial charge on any atom is -0.326 e. The molecule has 24 heavy (non-hydrogen) atoms. The van der Waals surface area contributed by atoms with Crippen molar-refractivity contribution >= 4 is 11.8 Å². The van der Waals surface area contributed by atoms with E-state index in [4.69, 9.17) is 0 Å². The van der Waals surface area contributed by atoms with Gasteiger partial charge in [-0.25, -0.2) is 4.98 Å². The number of imidazole rings is 1. The lowest BCUT2D eigenvalue weighted by Gasteiger charge is -2.04. The lowest BCUT2D eigenvalue weighted by molar-refractivity contribution is 0.487. The van der Waals surface area contributed by atoms with Crippen LogP contribution < -0.4 is 0 Å². The van der Waals surface area contributed by atoms with Crippen molar-refractivity contribution in [1.29, 1.82) is 0 Å². The first-order valence-corrected chi connectivity index (χ1v) is 9.32. The van der Waals surface area contributed by atoms with Gasteiger partial charge in [-0.2, -0.15) is 4.80 Å². The van der Waals surface area contributed by atoms with Crippen LogP contribution in [0.25, 0.3) is 11.4 Å². The number of tetrazole rings is 1. The van der Waals surface area contributed by atoms with Crippen LogP contribution in [0, 0.1) is 0 Å². The van der Waals surface area contributed by atoms with Crippen molar-refractivity contribution < 1.29 is 0 Å². The summed E-state index contributed by atoms with van der Waals surface area (Å²) in [5.41, 5.74) is 1.01. The number of nitrogens with zero attached hydrogens (tertiary/aromatic N) is 6. The van der Waals surface area contributed by atoms with Crippen LogP contribution in [-0.2, 0) is 13.1 Å². The minimum atomic E-state index is 0.692. The van der Waals surface area contributed by atoms with Gasteiger partial charge in [0.2, 0.25) is 5.82 Å². The Kier molecular flexibility index (Phi) is 6.01. The Morgan fingerprint density at radius 2 is 1.96 bits per heavy atom. The average Bonchev–Trinajstić information content (AvgIpc) is 3.28. The highest BCUT2D eigenvalue weighted by molar-refractivity contribution is 7.99. The number of benzene rings is 1. The molecule has 0 radical (unpaired) electrons. The maximum absolute atomic E-state index is 4.44. The summed E-state index contributed by atoms with van der Waals surface area (Å²) in [5.74, 6) is 1.79. The molecule has 0 spiro atoms. The van der Waals surface area contributed by atoms with E-state index in [9.17, 15) is 0 Å². The molecule has 6 nitrogen and oxygen atoms in total. The van der Waals surface area contributed by atoms with Crippen LogP contribution in [0.4, 0.5) is 0 Å². The molecule has 7 heteroatoms. The number of hydrogen-bond acceptors (Lipinski definition) is 5. The number of aryl methyl sites for hydroxylation is 2. The Morgan fingerprint density at radius 3 is 2.79 bits per heavy atom. The van der Waals surface area contributed by atoms with Gasteiger partial charge in [0.25, 0.3) is 0 Å². The number of aromatic nitrogens is 6. The first kappa shape index (κ1) is 16.7. The summed E-state index contributed by atoms with van der Waals surface area (Å²) in [7, 11) is 0. The Morgan fingerprint density at radius 1 is 1.08 bits per heavy atom. The molecule has 126 valence electrons. The molecule has 0 aliphatic rings. The van der Waals surface area contributed by atoms with Gasteiger partial charge in [0.15, 0.2) is 5.16 Å². The summed E-state index contributed by atoms with van der Waals surface area (Å²) >= 11 is 1.83. The summed E-state index contributed by atoms with van der Waals surface area (Å²) in [4.78, 5) is 6.07. The lowest BCUT2D eigenvalue weighted by atomic mass is 10.2. The van der Waals surface area contributed by atoms with Crippen LogP contribution in [0.2, 0.25) is 0 Å². The Labute approximate surface area is 146 Å². The predicted molar refractivity (Wildman–Crippen MR) is 95.7 cm³/mol. The monoisotopic (exact) mass is 342 g/mol. The fourth-order valence-corrected chi connectivity index (χ4v) is 3.43. The molecular weight excluding hydrogens is 320 g/mol. The van der Waals surface area contributed by atoms with E-state index in [0.29, 0.717) is 5.82 Å². The van der Waals surface area contributed by atoms with Gasteiger partial charge in [-0.3, -0.25) is 0 Å². The molecule has 3 rings (SSSR count). The molecule has 0 fully saturated rings. The van der Waals surface area contributed by atoms with Gasteiger partial charge < -0.3 is 4.57 Å². The quantitative estimate of drug-likeness (QED) is 0.440. The largest absolute Gasteiger partial charge is 0.326 e. The zero-order valence-electron chi connectivity index (χ0n) is 13.9. The Bertz CT molecular complexity index is 736. The average molecular weight is 342 g/mol. The number of rotatable bonds is 9. The van der Waals surface area contributed by atoms with Crippen LogP contribution >= 0.6 is 11.8 Å². The van der Waals surface area contributed by atoms with Gasteiger partial charge in [0.1, 0.15) is 0 Å². The van der Waals surface area contributed by atoms with E-state index < -0.39 is 0 Å². The zero-order chi connectivity index (χ0) is 16.6. The maximum atomic E-state index is 4.44. The first-order valence-electron chi connectivity index (χ1n) is 8.34. The summed E-state index contributed by atoms with van der Waals surface area (Å²) in [6.45, 7) is 3.93. The Hall–Kier alpha value is -2.15. The van der Waals surface area contributed by atoms with Crippen LogP contribution in [-0.4, -0.2) is 35.5 Å². The topological polar surface area (TPSA) is 61.4 Å². The molecular formula is C17H22N6S. The third-order valence-corrected chi connectivity index (χ3v) is 4.83. The van der Waals surface area contributed by atoms with Crippen molar-refractivity contribution in [3.8, 4) is 11.4 Å². The predicted octanol–water partition coefficient (Wildman–Crippen LogP) is 3.52. The molecule has 0 aliphatic heterocycles. The molecule has 2 heterocycles. The fourth-order valence-electron chi connectivity index (χ4n) is 2.41. The SMILES string of the molecule is CCn1ccnc1SCCCCCn1nnc(-c2ccccc2)n1. The van der Waals surface area contributed by atoms with E-state index in [2.05, 4.69) is 31.9 Å². The van der Waals surface area contributed by atoms with Crippen molar-refractivity contribution in [1.82, 2.24) is 29.8 Å². The summed E-state index contributed by atoms with van der Waals surface area (Å²) in [6.07, 6.45) is 7.28. The second-order valence-corrected chi connectivity index (χ2v) is 6.54. The fraction of sp³-hybridized carbons (Fsp3) is 0.412. The highest BCUT2D eigenvalue weighted by Gasteiger charge is 2.05. The standard InChI is InChI=1S/C17H22N6S/c1-2-22-13-11-18-17(22)24-14-8-4-7-12-23-20-16(19-21-23)15-9-5-3-6-10-15/h3,5-6,9-11,13H,2,4,7-8,12,14H2,1H3. The third kappa shape index (κ3) is 4.44. The molecule has 1 aromatic carbocycles. The van der Waals surface area contributed by atoms with Crippen LogP contribution in [0.5, 0.6) is 0 Å². The lowest BCUT2D eigenvalue weighted by Crippen LogP contribution is -2.03. The molecule has 0 amide bonds. The molecule has 0 saturated heterocycles. The zero-order valence-corrected chi connectivity index (χ0v) is 14.7. The van der Waals surface area contributed by atoms with E-state index in [0.717, 1.165) is 42.4 Å². The van der Waals surface area contributed by atoms with Gasteiger partial charge in [0.05, 0.1) is 6.54 Å². The second kappa shape index (κ2) is 8.63. The van der Waals surface area contributed by atoms with Gasteiger partial charge in [-0.1, -0.05) is 48.5 Å². The smallest absolute Gasteiger partial charge is 0.204 e. The van der Waals surface area contributed by atoms with Gasteiger partial charge >= 0.3 is 0 Å². The summed E-state index contributed by atoms with van der Waals surface area (Å²) in [6, 6.07) is 9.95. The van der Waals surface area contributed by atoms with E-state index in [1.165, 1.54) is 6.42 Å². The highest BCUT2D eigenvalue weighted by Crippen LogP contribution is 2.18. The van der Waals surface area contributed by atoms with E-state index in [1.54, 1.807) is 4.80 Å². The first-order chi connectivity index (χ1) is 11.9. The van der Waals surface area contributed by atoms with Crippen LogP contribution in [0.1, 0.15) is 26.2 Å². The van der Waals surface area contributed by atoms with Gasteiger partial charge in [0, 0.05) is 30.3 Å². The number of hydrogen-bond donors (Lipinski definition) is 0. The summed E-state index contributed by atoms with van der Waals surface area (Å²) < 4.78 is 2.18. The van der Waals surface area contributed by atoms with E-state index >= 15 is 0 Å². The van der Waals surface area contributed by atoms with E-state index in [1.807, 2.05) is 54.5 Å². The molecule has 3 aromatic rings. The van der Waals surface area contributed by atoms with Gasteiger partial charge in [-0.05, 0) is 25.0 Å². The molecule has 0 aliphatic carbocycles. The van der Waals surface area contributed by atoms with Crippen molar-refractivity contribution in [3.63, 3.8) is 0 Å². The van der Waals surface area contributed by atoms with Crippen molar-refractivity contribution in [2.45, 2.75) is 44.4 Å². The maximum Gasteiger partial charge on any atom is 0.204 e. The highest BCUT2D eigenvalue weighted by atomic mass is 32.2. The van der Waals surface area contributed by atoms with Crippen LogP contribution in [0.15, 0.2) is 47.9 Å². The van der Waals surface area contributed by atoms with Crippen molar-refractivity contribution in [3.05, 3.63) is 42.7 Å². The third-order valence-electron chi connectivity index (χ3n) is 3.74. The van der Waals surface area contributed by atoms with Crippen LogP contribution in [0.3, 0.4) is 0 Å².